The Morgan fingerprint density at radius 3 is 2.40 bits per heavy atom. The van der Waals surface area contributed by atoms with Crippen molar-refractivity contribution in [3.63, 3.8) is 0 Å². The van der Waals surface area contributed by atoms with E-state index in [2.05, 4.69) is 0 Å². The third kappa shape index (κ3) is 1.74. The molecule has 2 heteroatoms. The van der Waals surface area contributed by atoms with Crippen LogP contribution in [0.25, 0.3) is 10.8 Å². The molecule has 0 fully saturated rings. The number of benzene rings is 2. The molecule has 1 unspecified atom stereocenters. The van der Waals surface area contributed by atoms with Gasteiger partial charge in [0.1, 0.15) is 0 Å². The molecule has 0 radical (unpaired) electrons. The minimum absolute atomic E-state index is 0.443. The van der Waals surface area contributed by atoms with Gasteiger partial charge in [0, 0.05) is 6.54 Å². The Balaban J connectivity index is 2.77. The number of hydrogen-bond acceptors (Lipinski definition) is 2. The average Bonchev–Trinajstić information content (AvgIpc) is 2.27. The first kappa shape index (κ1) is 10.1. The van der Waals surface area contributed by atoms with Gasteiger partial charge < -0.3 is 10.8 Å². The lowest BCUT2D eigenvalue weighted by Crippen LogP contribution is -2.00. The van der Waals surface area contributed by atoms with Gasteiger partial charge in [-0.15, -0.1) is 0 Å². The van der Waals surface area contributed by atoms with Gasteiger partial charge in [-0.1, -0.05) is 36.4 Å². The number of fused-ring (bicyclic) bond motifs is 1. The van der Waals surface area contributed by atoms with E-state index in [1.165, 1.54) is 0 Å². The van der Waals surface area contributed by atoms with E-state index in [0.29, 0.717) is 6.54 Å². The molecule has 0 amide bonds. The lowest BCUT2D eigenvalue weighted by molar-refractivity contribution is 0.201. The summed E-state index contributed by atoms with van der Waals surface area (Å²) in [5.74, 6) is 0. The fourth-order valence-electron chi connectivity index (χ4n) is 1.93. The summed E-state index contributed by atoms with van der Waals surface area (Å²) < 4.78 is 0. The van der Waals surface area contributed by atoms with E-state index in [-0.39, 0.29) is 0 Å². The van der Waals surface area contributed by atoms with Crippen LogP contribution in [0.3, 0.4) is 0 Å². The Bertz CT molecular complexity index is 477. The lowest BCUT2D eigenvalue weighted by Gasteiger charge is -2.11. The molecule has 2 aromatic rings. The fourth-order valence-corrected chi connectivity index (χ4v) is 1.93. The summed E-state index contributed by atoms with van der Waals surface area (Å²) in [4.78, 5) is 0. The van der Waals surface area contributed by atoms with E-state index >= 15 is 0 Å². The van der Waals surface area contributed by atoms with Crippen molar-refractivity contribution in [2.24, 2.45) is 5.73 Å². The Hall–Kier alpha value is -1.38. The van der Waals surface area contributed by atoms with Crippen molar-refractivity contribution in [2.75, 3.05) is 0 Å². The predicted molar refractivity (Wildman–Crippen MR) is 62.5 cm³/mol. The maximum atomic E-state index is 9.65. The lowest BCUT2D eigenvalue weighted by atomic mass is 9.97. The van der Waals surface area contributed by atoms with Crippen LogP contribution < -0.4 is 5.73 Å². The molecule has 0 aliphatic carbocycles. The summed E-state index contributed by atoms with van der Waals surface area (Å²) in [5.41, 5.74) is 7.76. The van der Waals surface area contributed by atoms with Gasteiger partial charge in [-0.05, 0) is 28.8 Å². The molecule has 2 nitrogen and oxygen atoms in total. The Kier molecular flexibility index (Phi) is 2.71. The van der Waals surface area contributed by atoms with Crippen LogP contribution in [0, 0.1) is 0 Å². The molecule has 2 aromatic carbocycles. The van der Waals surface area contributed by atoms with Crippen LogP contribution in [0.2, 0.25) is 0 Å². The van der Waals surface area contributed by atoms with E-state index in [1.54, 1.807) is 6.92 Å². The molecule has 0 spiro atoms. The van der Waals surface area contributed by atoms with E-state index in [9.17, 15) is 5.11 Å². The SMILES string of the molecule is CC(O)c1ccc(CN)c2ccccc12. The predicted octanol–water partition coefficient (Wildman–Crippen LogP) is 2.35. The van der Waals surface area contributed by atoms with Crippen molar-refractivity contribution < 1.29 is 5.11 Å². The van der Waals surface area contributed by atoms with E-state index in [4.69, 9.17) is 5.73 Å². The van der Waals surface area contributed by atoms with Gasteiger partial charge in [-0.2, -0.15) is 0 Å². The molecule has 78 valence electrons. The van der Waals surface area contributed by atoms with Crippen LogP contribution in [0.5, 0.6) is 0 Å². The molecule has 0 heterocycles. The first-order chi connectivity index (χ1) is 7.24. The highest BCUT2D eigenvalue weighted by Crippen LogP contribution is 2.26. The molecule has 0 saturated heterocycles. The Morgan fingerprint density at radius 1 is 1.13 bits per heavy atom. The molecule has 0 saturated carbocycles. The van der Waals surface area contributed by atoms with Gasteiger partial charge in [-0.25, -0.2) is 0 Å². The van der Waals surface area contributed by atoms with Crippen molar-refractivity contribution in [2.45, 2.75) is 19.6 Å². The molecule has 0 aliphatic heterocycles. The molecule has 15 heavy (non-hydrogen) atoms. The van der Waals surface area contributed by atoms with E-state index < -0.39 is 6.10 Å². The summed E-state index contributed by atoms with van der Waals surface area (Å²) in [6, 6.07) is 12.0. The smallest absolute Gasteiger partial charge is 0.0767 e. The van der Waals surface area contributed by atoms with Gasteiger partial charge in [-0.3, -0.25) is 0 Å². The second-order valence-corrected chi connectivity index (χ2v) is 3.74. The second kappa shape index (κ2) is 4.01. The first-order valence-electron chi connectivity index (χ1n) is 5.12. The maximum Gasteiger partial charge on any atom is 0.0767 e. The van der Waals surface area contributed by atoms with Gasteiger partial charge in [0.15, 0.2) is 0 Å². The van der Waals surface area contributed by atoms with Crippen LogP contribution >= 0.6 is 0 Å². The summed E-state index contributed by atoms with van der Waals surface area (Å²) in [6.07, 6.45) is -0.443. The highest BCUT2D eigenvalue weighted by atomic mass is 16.3. The summed E-state index contributed by atoms with van der Waals surface area (Å²) >= 11 is 0. The fraction of sp³-hybridized carbons (Fsp3) is 0.231. The van der Waals surface area contributed by atoms with Crippen molar-refractivity contribution in [3.8, 4) is 0 Å². The first-order valence-corrected chi connectivity index (χ1v) is 5.12. The van der Waals surface area contributed by atoms with E-state index in [1.807, 2.05) is 36.4 Å². The van der Waals surface area contributed by atoms with Crippen molar-refractivity contribution in [1.29, 1.82) is 0 Å². The number of rotatable bonds is 2. The molecular weight excluding hydrogens is 186 g/mol. The van der Waals surface area contributed by atoms with E-state index in [0.717, 1.165) is 21.9 Å². The van der Waals surface area contributed by atoms with Crippen molar-refractivity contribution >= 4 is 10.8 Å². The molecular formula is C13H15NO. The van der Waals surface area contributed by atoms with Crippen molar-refractivity contribution in [3.05, 3.63) is 47.5 Å². The number of hydrogen-bond donors (Lipinski definition) is 2. The average molecular weight is 201 g/mol. The topological polar surface area (TPSA) is 46.2 Å². The summed E-state index contributed by atoms with van der Waals surface area (Å²) in [6.45, 7) is 2.31. The minimum Gasteiger partial charge on any atom is -0.389 e. The molecule has 0 bridgehead atoms. The zero-order chi connectivity index (χ0) is 10.8. The molecule has 0 aliphatic rings. The monoisotopic (exact) mass is 201 g/mol. The number of aliphatic hydroxyl groups excluding tert-OH is 1. The highest BCUT2D eigenvalue weighted by Gasteiger charge is 2.07. The van der Waals surface area contributed by atoms with Crippen molar-refractivity contribution in [1.82, 2.24) is 0 Å². The quantitative estimate of drug-likeness (QED) is 0.783. The van der Waals surface area contributed by atoms with Crippen LogP contribution in [0.1, 0.15) is 24.2 Å². The molecule has 0 aromatic heterocycles. The van der Waals surface area contributed by atoms with Crippen LogP contribution in [-0.4, -0.2) is 5.11 Å². The molecule has 3 N–H and O–H groups in total. The zero-order valence-corrected chi connectivity index (χ0v) is 8.77. The van der Waals surface area contributed by atoms with Crippen LogP contribution in [0.4, 0.5) is 0 Å². The summed E-state index contributed by atoms with van der Waals surface area (Å²) in [7, 11) is 0. The largest absolute Gasteiger partial charge is 0.389 e. The van der Waals surface area contributed by atoms with Gasteiger partial charge in [0.05, 0.1) is 6.10 Å². The standard InChI is InChI=1S/C13H15NO/c1-9(15)11-7-6-10(8-14)12-4-2-3-5-13(11)12/h2-7,9,15H,8,14H2,1H3. The third-order valence-corrected chi connectivity index (χ3v) is 2.72. The molecule has 2 rings (SSSR count). The summed E-state index contributed by atoms with van der Waals surface area (Å²) in [5, 5.41) is 11.9. The zero-order valence-electron chi connectivity index (χ0n) is 8.77. The normalized spacial score (nSPS) is 13.0. The van der Waals surface area contributed by atoms with Crippen LogP contribution in [0.15, 0.2) is 36.4 Å². The second-order valence-electron chi connectivity index (χ2n) is 3.74. The highest BCUT2D eigenvalue weighted by molar-refractivity contribution is 5.89. The van der Waals surface area contributed by atoms with Gasteiger partial charge >= 0.3 is 0 Å². The maximum absolute atomic E-state index is 9.65. The number of aliphatic hydroxyl groups is 1. The third-order valence-electron chi connectivity index (χ3n) is 2.72. The van der Waals surface area contributed by atoms with Gasteiger partial charge in [0.2, 0.25) is 0 Å². The van der Waals surface area contributed by atoms with Crippen LogP contribution in [-0.2, 0) is 6.54 Å². The Morgan fingerprint density at radius 2 is 1.80 bits per heavy atom. The number of nitrogens with two attached hydrogens (primary N) is 1. The Labute approximate surface area is 89.3 Å². The molecule has 1 atom stereocenters. The van der Waals surface area contributed by atoms with Gasteiger partial charge in [0.25, 0.3) is 0 Å². The minimum atomic E-state index is -0.443.